The highest BCUT2D eigenvalue weighted by Gasteiger charge is 2.19. The number of para-hydroxylation sites is 1. The minimum atomic E-state index is -0.181. The van der Waals surface area contributed by atoms with Crippen molar-refractivity contribution in [1.82, 2.24) is 14.9 Å². The molecule has 0 unspecified atom stereocenters. The molecular formula is C20H17N4O2S-. The van der Waals surface area contributed by atoms with E-state index in [1.165, 1.54) is 20.8 Å². The third-order valence-electron chi connectivity index (χ3n) is 4.21. The molecule has 0 saturated carbocycles. The molecule has 3 aromatic heterocycles. The van der Waals surface area contributed by atoms with Crippen molar-refractivity contribution in [3.05, 3.63) is 77.7 Å². The minimum absolute atomic E-state index is 0.0443. The molecule has 0 aliphatic heterocycles. The fraction of sp³-hybridized carbons (Fsp3) is 0.100. The van der Waals surface area contributed by atoms with Crippen LogP contribution in [0.5, 0.6) is 0 Å². The first-order chi connectivity index (χ1) is 13.1. The summed E-state index contributed by atoms with van der Waals surface area (Å²) in [6.07, 6.45) is 5.15. The van der Waals surface area contributed by atoms with E-state index in [0.717, 1.165) is 21.5 Å². The summed E-state index contributed by atoms with van der Waals surface area (Å²) in [7, 11) is 3.39. The van der Waals surface area contributed by atoms with Gasteiger partial charge in [0.2, 0.25) is 5.01 Å². The van der Waals surface area contributed by atoms with Crippen molar-refractivity contribution in [2.75, 3.05) is 14.1 Å². The number of benzene rings is 1. The largest absolute Gasteiger partial charge is 0.441 e. The Labute approximate surface area is 160 Å². The molecule has 1 amide bonds. The minimum Gasteiger partial charge on any atom is -0.419 e. The van der Waals surface area contributed by atoms with E-state index in [0.29, 0.717) is 11.3 Å². The van der Waals surface area contributed by atoms with Crippen LogP contribution in [0.1, 0.15) is 11.3 Å². The lowest BCUT2D eigenvalue weighted by Crippen LogP contribution is -2.48. The number of nitrogens with zero attached hydrogens (tertiary/aromatic N) is 4. The van der Waals surface area contributed by atoms with Crippen LogP contribution in [0.2, 0.25) is 0 Å². The van der Waals surface area contributed by atoms with Crippen LogP contribution < -0.4 is 4.57 Å². The first-order valence-corrected chi connectivity index (χ1v) is 9.18. The molecule has 0 radical (unpaired) electrons. The van der Waals surface area contributed by atoms with Crippen molar-refractivity contribution < 1.29 is 14.5 Å². The molecule has 1 N–H and O–H groups in total. The fourth-order valence-electron chi connectivity index (χ4n) is 2.88. The van der Waals surface area contributed by atoms with Crippen LogP contribution in [-0.4, -0.2) is 40.1 Å². The molecule has 1 aromatic carbocycles. The van der Waals surface area contributed by atoms with Crippen molar-refractivity contribution in [1.29, 1.82) is 0 Å². The van der Waals surface area contributed by atoms with Crippen LogP contribution in [-0.2, 0) is 0 Å². The van der Waals surface area contributed by atoms with Gasteiger partial charge in [-0.2, -0.15) is 6.07 Å². The fourth-order valence-corrected chi connectivity index (χ4v) is 3.68. The number of pyridine rings is 1. The number of aliphatic hydroxyl groups excluding tert-OH is 1. The van der Waals surface area contributed by atoms with Gasteiger partial charge in [0.25, 0.3) is 0 Å². The van der Waals surface area contributed by atoms with Gasteiger partial charge >= 0.3 is 6.03 Å². The summed E-state index contributed by atoms with van der Waals surface area (Å²) in [6, 6.07) is 11.1. The van der Waals surface area contributed by atoms with Crippen LogP contribution in [0.25, 0.3) is 21.5 Å². The molecule has 0 aliphatic carbocycles. The van der Waals surface area contributed by atoms with Gasteiger partial charge in [-0.25, -0.2) is 4.79 Å². The summed E-state index contributed by atoms with van der Waals surface area (Å²) >= 11 is 1.44. The molecule has 7 heteroatoms. The third kappa shape index (κ3) is 3.07. The number of fused-ring (bicyclic) bond motifs is 1. The summed E-state index contributed by atoms with van der Waals surface area (Å²) in [4.78, 5) is 22.6. The quantitative estimate of drug-likeness (QED) is 0.338. The smallest absolute Gasteiger partial charge is 0.419 e. The molecule has 136 valence electrons. The van der Waals surface area contributed by atoms with Gasteiger partial charge in [-0.05, 0) is 17.9 Å². The molecule has 0 fully saturated rings. The van der Waals surface area contributed by atoms with Crippen molar-refractivity contribution in [3.8, 4) is 10.6 Å². The Morgan fingerprint density at radius 3 is 2.89 bits per heavy atom. The van der Waals surface area contributed by atoms with E-state index in [2.05, 4.69) is 9.97 Å². The average molecular weight is 377 g/mol. The van der Waals surface area contributed by atoms with Gasteiger partial charge in [0, 0.05) is 23.6 Å². The van der Waals surface area contributed by atoms with Gasteiger partial charge in [0.15, 0.2) is 11.3 Å². The SMILES string of the molecule is CN(C)C(=O)[n+]1cc([C-](O)c2c[s+][c-](-c3cccnc3)n2)c2cccc[c-]21. The number of rotatable bonds is 3. The predicted molar refractivity (Wildman–Crippen MR) is 103 cm³/mol. The summed E-state index contributed by atoms with van der Waals surface area (Å²) in [5, 5.41) is 14.3. The lowest BCUT2D eigenvalue weighted by Gasteiger charge is -2.16. The van der Waals surface area contributed by atoms with Crippen molar-refractivity contribution >= 4 is 28.3 Å². The maximum Gasteiger partial charge on any atom is 0.441 e. The summed E-state index contributed by atoms with van der Waals surface area (Å²) in [5.74, 6) is 0. The van der Waals surface area contributed by atoms with E-state index < -0.39 is 0 Å². The number of aromatic nitrogens is 3. The molecule has 4 rings (SSSR count). The van der Waals surface area contributed by atoms with E-state index in [4.69, 9.17) is 0 Å². The second kappa shape index (κ2) is 6.86. The second-order valence-corrected chi connectivity index (χ2v) is 7.09. The summed E-state index contributed by atoms with van der Waals surface area (Å²) in [6.45, 7) is 0. The highest BCUT2D eigenvalue weighted by molar-refractivity contribution is 7.13. The van der Waals surface area contributed by atoms with Crippen LogP contribution in [0.4, 0.5) is 4.79 Å². The molecule has 0 aliphatic rings. The molecule has 0 saturated heterocycles. The zero-order chi connectivity index (χ0) is 19.0. The van der Waals surface area contributed by atoms with Crippen LogP contribution >= 0.6 is 11.3 Å². The number of carbonyl (C=O) groups excluding carboxylic acids is 1. The van der Waals surface area contributed by atoms with Crippen molar-refractivity contribution in [2.45, 2.75) is 0 Å². The van der Waals surface area contributed by atoms with Gasteiger partial charge in [0.05, 0.1) is 14.1 Å². The maximum absolute atomic E-state index is 12.5. The topological polar surface area (TPSA) is 70.2 Å². The predicted octanol–water partition coefficient (Wildman–Crippen LogP) is 3.20. The molecule has 6 nitrogen and oxygen atoms in total. The second-order valence-electron chi connectivity index (χ2n) is 6.24. The first-order valence-electron chi connectivity index (χ1n) is 8.30. The maximum atomic E-state index is 12.5. The highest BCUT2D eigenvalue weighted by Crippen LogP contribution is 2.31. The van der Waals surface area contributed by atoms with Crippen molar-refractivity contribution in [2.24, 2.45) is 0 Å². The Hall–Kier alpha value is -3.16. The van der Waals surface area contributed by atoms with Crippen LogP contribution in [0.15, 0.2) is 60.4 Å². The van der Waals surface area contributed by atoms with Gasteiger partial charge in [0.1, 0.15) is 5.38 Å². The zero-order valence-electron chi connectivity index (χ0n) is 14.8. The van der Waals surface area contributed by atoms with Gasteiger partial charge in [-0.15, -0.1) is 29.1 Å². The first kappa shape index (κ1) is 17.3. The zero-order valence-corrected chi connectivity index (χ0v) is 15.6. The number of thiazole rings is 1. The number of hydrogen-bond donors (Lipinski definition) is 1. The number of carbonyl (C=O) groups is 1. The summed E-state index contributed by atoms with van der Waals surface area (Å²) in [5.41, 5.74) is 2.68. The molecule has 4 aromatic rings. The number of aliphatic hydroxyl groups is 1. The average Bonchev–Trinajstić information content (AvgIpc) is 3.33. The molecule has 27 heavy (non-hydrogen) atoms. The van der Waals surface area contributed by atoms with Crippen LogP contribution in [0, 0.1) is 6.10 Å². The van der Waals surface area contributed by atoms with Gasteiger partial charge in [-0.3, -0.25) is 14.5 Å². The summed E-state index contributed by atoms with van der Waals surface area (Å²) < 4.78 is 1.54. The van der Waals surface area contributed by atoms with Gasteiger partial charge in [-0.1, -0.05) is 12.1 Å². The lowest BCUT2D eigenvalue weighted by atomic mass is 10.1. The highest BCUT2D eigenvalue weighted by atomic mass is 32.1. The van der Waals surface area contributed by atoms with E-state index in [9.17, 15) is 9.90 Å². The Morgan fingerprint density at radius 1 is 1.30 bits per heavy atom. The Morgan fingerprint density at radius 2 is 2.15 bits per heavy atom. The number of hydrogen-bond acceptors (Lipinski definition) is 4. The Balaban J connectivity index is 1.77. The van der Waals surface area contributed by atoms with Gasteiger partial charge < -0.3 is 10.1 Å². The monoisotopic (exact) mass is 377 g/mol. The molecule has 3 heterocycles. The van der Waals surface area contributed by atoms with E-state index in [1.54, 1.807) is 38.1 Å². The van der Waals surface area contributed by atoms with E-state index in [1.807, 2.05) is 36.4 Å². The van der Waals surface area contributed by atoms with E-state index in [-0.39, 0.29) is 12.1 Å². The lowest BCUT2D eigenvalue weighted by molar-refractivity contribution is -0.547. The standard InChI is InChI=1S/C20H17N4O2S/c1-23(2)20(26)24-11-15(14-7-3-4-8-17(14)24)18(25)16-12-27-19(22-16)13-6-5-9-21-10-13/h3-12,25H,1-2H3/q-1. The normalized spacial score (nSPS) is 10.9. The van der Waals surface area contributed by atoms with Crippen molar-refractivity contribution in [3.63, 3.8) is 0 Å². The van der Waals surface area contributed by atoms with Crippen LogP contribution in [0.3, 0.4) is 0 Å². The number of amides is 1. The Bertz CT molecular complexity index is 1100. The molecule has 0 bridgehead atoms. The molecular weight excluding hydrogens is 360 g/mol. The molecule has 0 atom stereocenters. The van der Waals surface area contributed by atoms with E-state index >= 15 is 0 Å². The third-order valence-corrected chi connectivity index (χ3v) is 5.10. The Kier molecular flexibility index (Phi) is 4.39. The molecule has 0 spiro atoms.